The number of nitrogens with zero attached hydrogens (tertiary/aromatic N) is 2. The highest BCUT2D eigenvalue weighted by molar-refractivity contribution is 5.89. The minimum absolute atomic E-state index is 0.0116. The average molecular weight is 256 g/mol. The van der Waals surface area contributed by atoms with Crippen LogP contribution in [0.15, 0.2) is 5.10 Å². The Kier molecular flexibility index (Phi) is 4.25. The van der Waals surface area contributed by atoms with E-state index in [1.807, 2.05) is 20.8 Å². The van der Waals surface area contributed by atoms with Crippen molar-refractivity contribution in [3.8, 4) is 0 Å². The zero-order chi connectivity index (χ0) is 13.2. The molecule has 0 aromatic carbocycles. The van der Waals surface area contributed by atoms with Gasteiger partial charge in [0.25, 0.3) is 0 Å². The Morgan fingerprint density at radius 2 is 2.28 bits per heavy atom. The summed E-state index contributed by atoms with van der Waals surface area (Å²) in [6.07, 6.45) is 2.33. The number of methoxy groups -OCH3 is 1. The second kappa shape index (κ2) is 5.55. The van der Waals surface area contributed by atoms with Gasteiger partial charge in [-0.15, -0.1) is 0 Å². The SMILES string of the molecule is COC[C@@H]1CCCN1/N=C1\COC(C)(C)O[C@@H]1C. The summed E-state index contributed by atoms with van der Waals surface area (Å²) >= 11 is 0. The van der Waals surface area contributed by atoms with Crippen LogP contribution in [0.2, 0.25) is 0 Å². The summed E-state index contributed by atoms with van der Waals surface area (Å²) in [7, 11) is 1.74. The number of ether oxygens (including phenoxy) is 3. The van der Waals surface area contributed by atoms with Crippen molar-refractivity contribution < 1.29 is 14.2 Å². The van der Waals surface area contributed by atoms with Crippen molar-refractivity contribution in [3.63, 3.8) is 0 Å². The van der Waals surface area contributed by atoms with Crippen LogP contribution in [0, 0.1) is 0 Å². The first-order chi connectivity index (χ1) is 8.52. The van der Waals surface area contributed by atoms with E-state index in [1.54, 1.807) is 7.11 Å². The molecule has 5 heteroatoms. The maximum atomic E-state index is 5.78. The van der Waals surface area contributed by atoms with Crippen LogP contribution < -0.4 is 0 Å². The molecule has 2 aliphatic heterocycles. The zero-order valence-corrected chi connectivity index (χ0v) is 11.8. The van der Waals surface area contributed by atoms with Crippen LogP contribution in [0.5, 0.6) is 0 Å². The number of hydrogen-bond donors (Lipinski definition) is 0. The van der Waals surface area contributed by atoms with Gasteiger partial charge in [-0.3, -0.25) is 5.01 Å². The fourth-order valence-corrected chi connectivity index (χ4v) is 2.48. The van der Waals surface area contributed by atoms with Gasteiger partial charge in [0.05, 0.1) is 25.0 Å². The summed E-state index contributed by atoms with van der Waals surface area (Å²) in [4.78, 5) is 0. The normalized spacial score (nSPS) is 34.2. The van der Waals surface area contributed by atoms with E-state index in [4.69, 9.17) is 19.3 Å². The molecule has 2 aliphatic rings. The fourth-order valence-electron chi connectivity index (χ4n) is 2.48. The van der Waals surface area contributed by atoms with Crippen molar-refractivity contribution in [2.45, 2.75) is 51.5 Å². The summed E-state index contributed by atoms with van der Waals surface area (Å²) in [5.74, 6) is -0.505. The van der Waals surface area contributed by atoms with E-state index in [-0.39, 0.29) is 6.10 Å². The van der Waals surface area contributed by atoms with Gasteiger partial charge in [-0.1, -0.05) is 0 Å². The van der Waals surface area contributed by atoms with Crippen molar-refractivity contribution in [2.24, 2.45) is 5.10 Å². The molecule has 0 radical (unpaired) electrons. The average Bonchev–Trinajstić information content (AvgIpc) is 2.70. The van der Waals surface area contributed by atoms with E-state index in [0.717, 1.165) is 25.3 Å². The van der Waals surface area contributed by atoms with E-state index in [1.165, 1.54) is 6.42 Å². The van der Waals surface area contributed by atoms with Crippen molar-refractivity contribution in [2.75, 3.05) is 26.9 Å². The Morgan fingerprint density at radius 1 is 1.50 bits per heavy atom. The summed E-state index contributed by atoms with van der Waals surface area (Å²) in [6, 6.07) is 0.393. The lowest BCUT2D eigenvalue weighted by Crippen LogP contribution is -2.46. The third-order valence-electron chi connectivity index (χ3n) is 3.46. The lowest BCUT2D eigenvalue weighted by Gasteiger charge is -2.36. The summed E-state index contributed by atoms with van der Waals surface area (Å²) in [5.41, 5.74) is 0.970. The monoisotopic (exact) mass is 256 g/mol. The molecule has 104 valence electrons. The molecule has 0 saturated carbocycles. The molecule has 5 nitrogen and oxygen atoms in total. The second-order valence-electron chi connectivity index (χ2n) is 5.45. The molecule has 18 heavy (non-hydrogen) atoms. The third-order valence-corrected chi connectivity index (χ3v) is 3.46. The highest BCUT2D eigenvalue weighted by Gasteiger charge is 2.32. The molecule has 0 aromatic heterocycles. The van der Waals surface area contributed by atoms with Crippen LogP contribution in [-0.2, 0) is 14.2 Å². The largest absolute Gasteiger partial charge is 0.382 e. The molecule has 2 saturated heterocycles. The van der Waals surface area contributed by atoms with Gasteiger partial charge >= 0.3 is 0 Å². The number of hydrogen-bond acceptors (Lipinski definition) is 5. The number of rotatable bonds is 3. The number of hydrazone groups is 1. The first kappa shape index (κ1) is 13.8. The van der Waals surface area contributed by atoms with Gasteiger partial charge in [0.15, 0.2) is 5.79 Å². The van der Waals surface area contributed by atoms with Gasteiger partial charge < -0.3 is 14.2 Å². The molecule has 0 aliphatic carbocycles. The lowest BCUT2D eigenvalue weighted by atomic mass is 10.2. The quantitative estimate of drug-likeness (QED) is 0.769. The van der Waals surface area contributed by atoms with E-state index >= 15 is 0 Å². The van der Waals surface area contributed by atoms with Gasteiger partial charge in [0.1, 0.15) is 6.10 Å². The van der Waals surface area contributed by atoms with Gasteiger partial charge in [-0.25, -0.2) is 0 Å². The Morgan fingerprint density at radius 3 is 2.94 bits per heavy atom. The first-order valence-corrected chi connectivity index (χ1v) is 6.66. The molecule has 2 rings (SSSR count). The molecule has 0 spiro atoms. The topological polar surface area (TPSA) is 43.3 Å². The maximum Gasteiger partial charge on any atom is 0.164 e. The minimum atomic E-state index is -0.505. The second-order valence-corrected chi connectivity index (χ2v) is 5.45. The van der Waals surface area contributed by atoms with Crippen LogP contribution in [0.1, 0.15) is 33.6 Å². The first-order valence-electron chi connectivity index (χ1n) is 6.66. The Bertz CT molecular complexity index is 317. The predicted octanol–water partition coefficient (Wildman–Crippen LogP) is 1.62. The molecule has 0 unspecified atom stereocenters. The smallest absolute Gasteiger partial charge is 0.164 e. The standard InChI is InChI=1S/C13H24N2O3/c1-10-12(9-17-13(2,3)18-10)14-15-7-5-6-11(15)8-16-4/h10-11H,5-9H2,1-4H3/b14-12+/t10-,11+/m1/s1. The van der Waals surface area contributed by atoms with Gasteiger partial charge in [-0.2, -0.15) is 5.10 Å². The molecule has 2 heterocycles. The van der Waals surface area contributed by atoms with Crippen LogP contribution in [-0.4, -0.2) is 55.5 Å². The van der Waals surface area contributed by atoms with Crippen molar-refractivity contribution in [3.05, 3.63) is 0 Å². The van der Waals surface area contributed by atoms with Crippen LogP contribution in [0.4, 0.5) is 0 Å². The van der Waals surface area contributed by atoms with Crippen molar-refractivity contribution >= 4 is 5.71 Å². The van der Waals surface area contributed by atoms with Crippen LogP contribution in [0.3, 0.4) is 0 Å². The minimum Gasteiger partial charge on any atom is -0.382 e. The maximum absolute atomic E-state index is 5.78. The van der Waals surface area contributed by atoms with Crippen LogP contribution >= 0.6 is 0 Å². The summed E-state index contributed by atoms with van der Waals surface area (Å²) in [5, 5.41) is 6.83. The Labute approximate surface area is 109 Å². The van der Waals surface area contributed by atoms with Crippen molar-refractivity contribution in [1.29, 1.82) is 0 Å². The summed E-state index contributed by atoms with van der Waals surface area (Å²) in [6.45, 7) is 8.18. The Balaban J connectivity index is 2.00. The van der Waals surface area contributed by atoms with E-state index < -0.39 is 5.79 Å². The van der Waals surface area contributed by atoms with E-state index in [9.17, 15) is 0 Å². The molecule has 0 aromatic rings. The molecule has 0 bridgehead atoms. The van der Waals surface area contributed by atoms with Gasteiger partial charge in [-0.05, 0) is 33.6 Å². The van der Waals surface area contributed by atoms with Gasteiger partial charge in [0.2, 0.25) is 0 Å². The highest BCUT2D eigenvalue weighted by atomic mass is 16.7. The zero-order valence-electron chi connectivity index (χ0n) is 11.8. The Hall–Kier alpha value is -0.650. The molecular weight excluding hydrogens is 232 g/mol. The molecular formula is C13H24N2O3. The lowest BCUT2D eigenvalue weighted by molar-refractivity contribution is -0.231. The molecule has 0 N–H and O–H groups in total. The van der Waals surface area contributed by atoms with Crippen molar-refractivity contribution in [1.82, 2.24) is 5.01 Å². The molecule has 2 fully saturated rings. The van der Waals surface area contributed by atoms with E-state index in [0.29, 0.717) is 12.6 Å². The van der Waals surface area contributed by atoms with Crippen LogP contribution in [0.25, 0.3) is 0 Å². The highest BCUT2D eigenvalue weighted by Crippen LogP contribution is 2.23. The van der Waals surface area contributed by atoms with E-state index in [2.05, 4.69) is 5.01 Å². The predicted molar refractivity (Wildman–Crippen MR) is 69.6 cm³/mol. The summed E-state index contributed by atoms with van der Waals surface area (Å²) < 4.78 is 16.7. The molecule has 2 atom stereocenters. The van der Waals surface area contributed by atoms with Gasteiger partial charge in [0, 0.05) is 13.7 Å². The molecule has 0 amide bonds. The third kappa shape index (κ3) is 3.22. The fraction of sp³-hybridized carbons (Fsp3) is 0.923.